The first-order chi connectivity index (χ1) is 11.8. The summed E-state index contributed by atoms with van der Waals surface area (Å²) in [5.41, 5.74) is 2.87. The number of fused-ring (bicyclic) bond motifs is 1. The molecule has 3 heterocycles. The van der Waals surface area contributed by atoms with Crippen LogP contribution in [0.3, 0.4) is 0 Å². The molecular formula is C17H20N4O3. The molecule has 1 N–H and O–H groups in total. The first-order valence-electron chi connectivity index (χ1n) is 8.30. The van der Waals surface area contributed by atoms with E-state index in [-0.39, 0.29) is 18.1 Å². The minimum Gasteiger partial charge on any atom is -0.368 e. The van der Waals surface area contributed by atoms with Crippen LogP contribution >= 0.6 is 0 Å². The molecule has 126 valence electrons. The molecule has 0 bridgehead atoms. The van der Waals surface area contributed by atoms with Crippen molar-refractivity contribution >= 4 is 5.91 Å². The Labute approximate surface area is 139 Å². The largest absolute Gasteiger partial charge is 0.368 e. The molecule has 4 rings (SSSR count). The van der Waals surface area contributed by atoms with Gasteiger partial charge in [-0.25, -0.2) is 4.68 Å². The standard InChI is InChI=1S/C17H20N4O3/c22-17(15-7-4-8-23-15)18-9-13-10-21-14(11-24-13)16(19-20-21)12-5-2-1-3-6-12/h1-3,5-6,13,15H,4,7-11H2,(H,18,22)/t13-,15+/m0/s1. The summed E-state index contributed by atoms with van der Waals surface area (Å²) in [6, 6.07) is 9.96. The number of nitrogens with one attached hydrogen (secondary N) is 1. The third-order valence-corrected chi connectivity index (χ3v) is 4.44. The van der Waals surface area contributed by atoms with Gasteiger partial charge >= 0.3 is 0 Å². The number of aromatic nitrogens is 3. The van der Waals surface area contributed by atoms with E-state index in [1.165, 1.54) is 0 Å². The molecule has 2 aliphatic heterocycles. The van der Waals surface area contributed by atoms with E-state index in [9.17, 15) is 4.79 Å². The maximum atomic E-state index is 12.0. The van der Waals surface area contributed by atoms with Gasteiger partial charge in [-0.2, -0.15) is 0 Å². The number of nitrogens with zero attached hydrogens (tertiary/aromatic N) is 3. The lowest BCUT2D eigenvalue weighted by atomic mass is 10.1. The zero-order valence-corrected chi connectivity index (χ0v) is 13.4. The summed E-state index contributed by atoms with van der Waals surface area (Å²) in [5, 5.41) is 11.4. The molecule has 1 fully saturated rings. The quantitative estimate of drug-likeness (QED) is 0.910. The Morgan fingerprint density at radius 3 is 2.96 bits per heavy atom. The Balaban J connectivity index is 1.38. The summed E-state index contributed by atoms with van der Waals surface area (Å²) in [6.45, 7) is 2.15. The summed E-state index contributed by atoms with van der Waals surface area (Å²) in [7, 11) is 0. The molecule has 7 nitrogen and oxygen atoms in total. The molecule has 0 radical (unpaired) electrons. The van der Waals surface area contributed by atoms with Crippen LogP contribution in [0.4, 0.5) is 0 Å². The molecule has 1 aromatic carbocycles. The zero-order valence-electron chi connectivity index (χ0n) is 13.4. The molecule has 1 saturated heterocycles. The van der Waals surface area contributed by atoms with Gasteiger partial charge in [0, 0.05) is 18.7 Å². The Morgan fingerprint density at radius 2 is 2.17 bits per heavy atom. The number of hydrogen-bond donors (Lipinski definition) is 1. The number of hydrogen-bond acceptors (Lipinski definition) is 5. The van der Waals surface area contributed by atoms with E-state index in [1.807, 2.05) is 35.0 Å². The fraction of sp³-hybridized carbons (Fsp3) is 0.471. The third-order valence-electron chi connectivity index (χ3n) is 4.44. The fourth-order valence-corrected chi connectivity index (χ4v) is 3.12. The minimum absolute atomic E-state index is 0.0505. The maximum Gasteiger partial charge on any atom is 0.249 e. The van der Waals surface area contributed by atoms with Gasteiger partial charge in [0.1, 0.15) is 11.8 Å². The predicted octanol–water partition coefficient (Wildman–Crippen LogP) is 1.14. The monoisotopic (exact) mass is 328 g/mol. The first-order valence-corrected chi connectivity index (χ1v) is 8.30. The highest BCUT2D eigenvalue weighted by atomic mass is 16.5. The second-order valence-corrected chi connectivity index (χ2v) is 6.11. The second kappa shape index (κ2) is 6.70. The lowest BCUT2D eigenvalue weighted by Gasteiger charge is -2.24. The summed E-state index contributed by atoms with van der Waals surface area (Å²) in [4.78, 5) is 12.0. The van der Waals surface area contributed by atoms with E-state index in [2.05, 4.69) is 15.6 Å². The van der Waals surface area contributed by atoms with E-state index in [4.69, 9.17) is 9.47 Å². The van der Waals surface area contributed by atoms with Gasteiger partial charge < -0.3 is 14.8 Å². The van der Waals surface area contributed by atoms with Crippen LogP contribution in [-0.2, 0) is 27.4 Å². The van der Waals surface area contributed by atoms with Crippen molar-refractivity contribution in [2.24, 2.45) is 0 Å². The topological polar surface area (TPSA) is 78.3 Å². The van der Waals surface area contributed by atoms with E-state index in [0.29, 0.717) is 26.3 Å². The van der Waals surface area contributed by atoms with E-state index < -0.39 is 0 Å². The van der Waals surface area contributed by atoms with E-state index in [0.717, 1.165) is 29.8 Å². The summed E-state index contributed by atoms with van der Waals surface area (Å²) < 4.78 is 13.1. The average molecular weight is 328 g/mol. The van der Waals surface area contributed by atoms with E-state index in [1.54, 1.807) is 0 Å². The van der Waals surface area contributed by atoms with Crippen molar-refractivity contribution in [1.29, 1.82) is 0 Å². The second-order valence-electron chi connectivity index (χ2n) is 6.11. The van der Waals surface area contributed by atoms with Crippen LogP contribution in [0.25, 0.3) is 11.3 Å². The zero-order chi connectivity index (χ0) is 16.4. The summed E-state index contributed by atoms with van der Waals surface area (Å²) >= 11 is 0. The highest BCUT2D eigenvalue weighted by molar-refractivity contribution is 5.80. The van der Waals surface area contributed by atoms with Crippen LogP contribution in [0, 0.1) is 0 Å². The van der Waals surface area contributed by atoms with Gasteiger partial charge in [0.2, 0.25) is 5.91 Å². The van der Waals surface area contributed by atoms with Gasteiger partial charge in [-0.3, -0.25) is 4.79 Å². The highest BCUT2D eigenvalue weighted by Gasteiger charge is 2.27. The lowest BCUT2D eigenvalue weighted by molar-refractivity contribution is -0.131. The van der Waals surface area contributed by atoms with Crippen molar-refractivity contribution in [3.63, 3.8) is 0 Å². The number of carbonyl (C=O) groups is 1. The molecule has 0 saturated carbocycles. The minimum atomic E-state index is -0.305. The number of carbonyl (C=O) groups excluding carboxylic acids is 1. The first kappa shape index (κ1) is 15.3. The molecular weight excluding hydrogens is 308 g/mol. The van der Waals surface area contributed by atoms with Crippen molar-refractivity contribution in [3.8, 4) is 11.3 Å². The van der Waals surface area contributed by atoms with Crippen LogP contribution in [0.5, 0.6) is 0 Å². The SMILES string of the molecule is O=C(NC[C@H]1Cn2nnc(-c3ccccc3)c2CO1)[C@H]1CCCO1. The van der Waals surface area contributed by atoms with Gasteiger partial charge in [-0.1, -0.05) is 35.5 Å². The molecule has 0 unspecified atom stereocenters. The molecule has 7 heteroatoms. The molecule has 2 aromatic rings. The smallest absolute Gasteiger partial charge is 0.249 e. The van der Waals surface area contributed by atoms with Gasteiger partial charge in [0.25, 0.3) is 0 Å². The van der Waals surface area contributed by atoms with Crippen LogP contribution in [0.15, 0.2) is 30.3 Å². The van der Waals surface area contributed by atoms with Crippen molar-refractivity contribution in [1.82, 2.24) is 20.3 Å². The summed E-state index contributed by atoms with van der Waals surface area (Å²) in [5.74, 6) is -0.0505. The van der Waals surface area contributed by atoms with Crippen molar-refractivity contribution in [2.75, 3.05) is 13.2 Å². The van der Waals surface area contributed by atoms with Crippen LogP contribution < -0.4 is 5.32 Å². The normalized spacial score (nSPS) is 23.0. The van der Waals surface area contributed by atoms with Crippen LogP contribution in [-0.4, -0.2) is 46.3 Å². The predicted molar refractivity (Wildman–Crippen MR) is 86.0 cm³/mol. The number of benzene rings is 1. The Kier molecular flexibility index (Phi) is 4.27. The van der Waals surface area contributed by atoms with Gasteiger partial charge in [0.05, 0.1) is 24.9 Å². The molecule has 0 aliphatic carbocycles. The number of amides is 1. The molecule has 1 aromatic heterocycles. The highest BCUT2D eigenvalue weighted by Crippen LogP contribution is 2.24. The average Bonchev–Trinajstić information content (AvgIpc) is 3.30. The molecule has 2 atom stereocenters. The van der Waals surface area contributed by atoms with Crippen LogP contribution in [0.2, 0.25) is 0 Å². The third kappa shape index (κ3) is 3.05. The Bertz CT molecular complexity index is 710. The van der Waals surface area contributed by atoms with Gasteiger partial charge in [0.15, 0.2) is 0 Å². The van der Waals surface area contributed by atoms with Crippen molar-refractivity contribution in [3.05, 3.63) is 36.0 Å². The Hall–Kier alpha value is -2.25. The molecule has 2 aliphatic rings. The van der Waals surface area contributed by atoms with Crippen molar-refractivity contribution < 1.29 is 14.3 Å². The van der Waals surface area contributed by atoms with Crippen molar-refractivity contribution in [2.45, 2.75) is 38.2 Å². The maximum absolute atomic E-state index is 12.0. The molecule has 1 amide bonds. The number of rotatable bonds is 4. The van der Waals surface area contributed by atoms with Gasteiger partial charge in [-0.05, 0) is 12.8 Å². The lowest BCUT2D eigenvalue weighted by Crippen LogP contribution is -2.42. The molecule has 24 heavy (non-hydrogen) atoms. The Morgan fingerprint density at radius 1 is 1.29 bits per heavy atom. The van der Waals surface area contributed by atoms with Gasteiger partial charge in [-0.15, -0.1) is 5.10 Å². The van der Waals surface area contributed by atoms with E-state index >= 15 is 0 Å². The van der Waals surface area contributed by atoms with Crippen LogP contribution in [0.1, 0.15) is 18.5 Å². The summed E-state index contributed by atoms with van der Waals surface area (Å²) in [6.07, 6.45) is 1.33. The number of ether oxygens (including phenoxy) is 2. The fourth-order valence-electron chi connectivity index (χ4n) is 3.12. The molecule has 0 spiro atoms.